The van der Waals surface area contributed by atoms with Crippen molar-refractivity contribution in [3.8, 4) is 0 Å². The van der Waals surface area contributed by atoms with Gasteiger partial charge in [-0.1, -0.05) is 30.3 Å². The molecule has 1 atom stereocenters. The predicted molar refractivity (Wildman–Crippen MR) is 75.3 cm³/mol. The molecule has 0 aliphatic carbocycles. The molecule has 0 radical (unpaired) electrons. The molecule has 21 heavy (non-hydrogen) atoms. The van der Waals surface area contributed by atoms with Gasteiger partial charge in [0, 0.05) is 18.1 Å². The monoisotopic (exact) mass is 315 g/mol. The summed E-state index contributed by atoms with van der Waals surface area (Å²) in [4.78, 5) is 7.27. The topological polar surface area (TPSA) is 37.8 Å². The van der Waals surface area contributed by atoms with Crippen molar-refractivity contribution >= 4 is 17.5 Å². The fourth-order valence-electron chi connectivity index (χ4n) is 1.81. The van der Waals surface area contributed by atoms with E-state index in [9.17, 15) is 13.2 Å². The van der Waals surface area contributed by atoms with Gasteiger partial charge in [0.05, 0.1) is 0 Å². The Morgan fingerprint density at radius 1 is 1.14 bits per heavy atom. The van der Waals surface area contributed by atoms with Crippen LogP contribution in [0.25, 0.3) is 0 Å². The Hall–Kier alpha value is -1.82. The summed E-state index contributed by atoms with van der Waals surface area (Å²) in [5, 5.41) is 2.84. The third-order valence-corrected chi connectivity index (χ3v) is 3.16. The number of rotatable bonds is 5. The number of hydrogen-bond acceptors (Lipinski definition) is 3. The van der Waals surface area contributed by atoms with E-state index in [-0.39, 0.29) is 17.9 Å². The summed E-state index contributed by atoms with van der Waals surface area (Å²) >= 11 is 5.86. The van der Waals surface area contributed by atoms with Crippen LogP contribution in [0.15, 0.2) is 42.6 Å². The average Bonchev–Trinajstić information content (AvgIpc) is 2.47. The van der Waals surface area contributed by atoms with Gasteiger partial charge in [-0.3, -0.25) is 0 Å². The molecular weight excluding hydrogens is 303 g/mol. The molecule has 0 spiro atoms. The molecule has 0 saturated heterocycles. The standard InChI is InChI=1S/C14H13ClF3N3/c15-9-11(8-10-4-2-1-3-5-10)20-13-19-7-6-12(21-13)14(16,17)18/h1-7,11H,8-9H2,(H,19,20,21). The van der Waals surface area contributed by atoms with E-state index in [1.54, 1.807) is 0 Å². The molecule has 1 unspecified atom stereocenters. The van der Waals surface area contributed by atoms with Gasteiger partial charge < -0.3 is 5.32 Å². The molecule has 1 aromatic heterocycles. The third-order valence-electron chi connectivity index (χ3n) is 2.79. The zero-order valence-corrected chi connectivity index (χ0v) is 11.7. The Balaban J connectivity index is 2.08. The maximum atomic E-state index is 12.6. The third kappa shape index (κ3) is 4.60. The van der Waals surface area contributed by atoms with Gasteiger partial charge in [0.25, 0.3) is 0 Å². The molecule has 0 saturated carbocycles. The van der Waals surface area contributed by atoms with E-state index in [0.29, 0.717) is 6.42 Å². The number of hydrogen-bond donors (Lipinski definition) is 1. The summed E-state index contributed by atoms with van der Waals surface area (Å²) in [5.74, 6) is 0.153. The van der Waals surface area contributed by atoms with E-state index >= 15 is 0 Å². The van der Waals surface area contributed by atoms with Crippen LogP contribution < -0.4 is 5.32 Å². The quantitative estimate of drug-likeness (QED) is 0.854. The highest BCUT2D eigenvalue weighted by molar-refractivity contribution is 6.18. The summed E-state index contributed by atoms with van der Waals surface area (Å²) in [7, 11) is 0. The van der Waals surface area contributed by atoms with Gasteiger partial charge in [-0.05, 0) is 18.1 Å². The first-order valence-electron chi connectivity index (χ1n) is 6.25. The van der Waals surface area contributed by atoms with Crippen molar-refractivity contribution in [2.24, 2.45) is 0 Å². The van der Waals surface area contributed by atoms with Gasteiger partial charge in [0.15, 0.2) is 0 Å². The van der Waals surface area contributed by atoms with E-state index in [4.69, 9.17) is 11.6 Å². The van der Waals surface area contributed by atoms with Crippen molar-refractivity contribution in [1.29, 1.82) is 0 Å². The molecule has 1 aromatic carbocycles. The highest BCUT2D eigenvalue weighted by Crippen LogP contribution is 2.27. The molecule has 3 nitrogen and oxygen atoms in total. The SMILES string of the molecule is FC(F)(F)c1ccnc(NC(CCl)Cc2ccccc2)n1. The van der Waals surface area contributed by atoms with Crippen LogP contribution in [0.3, 0.4) is 0 Å². The lowest BCUT2D eigenvalue weighted by molar-refractivity contribution is -0.141. The molecule has 1 heterocycles. The predicted octanol–water partition coefficient (Wildman–Crippen LogP) is 3.76. The molecule has 0 bridgehead atoms. The van der Waals surface area contributed by atoms with E-state index in [1.807, 2.05) is 30.3 Å². The minimum atomic E-state index is -4.49. The van der Waals surface area contributed by atoms with Crippen molar-refractivity contribution < 1.29 is 13.2 Å². The van der Waals surface area contributed by atoms with Crippen molar-refractivity contribution in [3.63, 3.8) is 0 Å². The maximum absolute atomic E-state index is 12.6. The largest absolute Gasteiger partial charge is 0.433 e. The fourth-order valence-corrected chi connectivity index (χ4v) is 2.00. The highest BCUT2D eigenvalue weighted by atomic mass is 35.5. The first kappa shape index (κ1) is 15.6. The first-order valence-corrected chi connectivity index (χ1v) is 6.79. The first-order chi connectivity index (χ1) is 9.99. The van der Waals surface area contributed by atoms with Crippen LogP contribution in [0.1, 0.15) is 11.3 Å². The fraction of sp³-hybridized carbons (Fsp3) is 0.286. The van der Waals surface area contributed by atoms with Crippen LogP contribution >= 0.6 is 11.6 Å². The summed E-state index contributed by atoms with van der Waals surface area (Å²) in [6.45, 7) is 0. The minimum absolute atomic E-state index is 0.0774. The second kappa shape index (κ2) is 6.76. The van der Waals surface area contributed by atoms with Crippen molar-refractivity contribution in [3.05, 3.63) is 53.9 Å². The molecule has 112 valence electrons. The molecule has 1 N–H and O–H groups in total. The molecule has 0 aliphatic rings. The molecular formula is C14H13ClF3N3. The zero-order valence-electron chi connectivity index (χ0n) is 10.9. The van der Waals surface area contributed by atoms with Crippen molar-refractivity contribution in [1.82, 2.24) is 9.97 Å². The van der Waals surface area contributed by atoms with E-state index in [1.165, 1.54) is 0 Å². The normalized spacial score (nSPS) is 13.0. The number of anilines is 1. The summed E-state index contributed by atoms with van der Waals surface area (Å²) in [6.07, 6.45) is -2.84. The van der Waals surface area contributed by atoms with Crippen LogP contribution in [0.4, 0.5) is 19.1 Å². The van der Waals surface area contributed by atoms with Crippen molar-refractivity contribution in [2.75, 3.05) is 11.2 Å². The number of halogens is 4. The highest BCUT2D eigenvalue weighted by Gasteiger charge is 2.32. The number of benzene rings is 1. The molecule has 0 aliphatic heterocycles. The van der Waals surface area contributed by atoms with Gasteiger partial charge in [-0.25, -0.2) is 9.97 Å². The smallest absolute Gasteiger partial charge is 0.350 e. The number of nitrogens with zero attached hydrogens (tertiary/aromatic N) is 2. The maximum Gasteiger partial charge on any atom is 0.433 e. The molecule has 2 rings (SSSR count). The van der Waals surface area contributed by atoms with Crippen LogP contribution in [0.5, 0.6) is 0 Å². The van der Waals surface area contributed by atoms with E-state index < -0.39 is 11.9 Å². The Labute approximate surface area is 125 Å². The molecule has 0 fully saturated rings. The number of aromatic nitrogens is 2. The summed E-state index contributed by atoms with van der Waals surface area (Å²) in [5.41, 5.74) is 0.0515. The lowest BCUT2D eigenvalue weighted by Gasteiger charge is -2.16. The molecule has 7 heteroatoms. The average molecular weight is 316 g/mol. The Morgan fingerprint density at radius 2 is 1.86 bits per heavy atom. The molecule has 2 aromatic rings. The lowest BCUT2D eigenvalue weighted by atomic mass is 10.1. The van der Waals surface area contributed by atoms with Gasteiger partial charge in [0.2, 0.25) is 5.95 Å². The lowest BCUT2D eigenvalue weighted by Crippen LogP contribution is -2.26. The van der Waals surface area contributed by atoms with Gasteiger partial charge in [0.1, 0.15) is 5.69 Å². The van der Waals surface area contributed by atoms with Gasteiger partial charge in [-0.2, -0.15) is 13.2 Å². The van der Waals surface area contributed by atoms with Crippen LogP contribution in [-0.4, -0.2) is 21.9 Å². The number of nitrogens with one attached hydrogen (secondary N) is 1. The van der Waals surface area contributed by atoms with E-state index in [2.05, 4.69) is 15.3 Å². The minimum Gasteiger partial charge on any atom is -0.350 e. The molecule has 0 amide bonds. The van der Waals surface area contributed by atoms with Crippen LogP contribution in [0, 0.1) is 0 Å². The number of alkyl halides is 4. The second-order valence-corrected chi connectivity index (χ2v) is 4.76. The van der Waals surface area contributed by atoms with Crippen molar-refractivity contribution in [2.45, 2.75) is 18.6 Å². The summed E-state index contributed by atoms with van der Waals surface area (Å²) < 4.78 is 37.8. The van der Waals surface area contributed by atoms with Crippen LogP contribution in [0.2, 0.25) is 0 Å². The van der Waals surface area contributed by atoms with Gasteiger partial charge >= 0.3 is 6.18 Å². The summed E-state index contributed by atoms with van der Waals surface area (Å²) in [6, 6.07) is 10.1. The second-order valence-electron chi connectivity index (χ2n) is 4.45. The Morgan fingerprint density at radius 3 is 2.48 bits per heavy atom. The Bertz CT molecular complexity index is 575. The zero-order chi connectivity index (χ0) is 15.3. The van der Waals surface area contributed by atoms with Gasteiger partial charge in [-0.15, -0.1) is 11.6 Å². The Kier molecular flexibility index (Phi) is 5.01. The van der Waals surface area contributed by atoms with E-state index in [0.717, 1.165) is 17.8 Å². The van der Waals surface area contributed by atoms with Crippen LogP contribution in [-0.2, 0) is 12.6 Å².